The minimum Gasteiger partial charge on any atom is -0.504 e. The molecular formula is C29H24FN3O2S. The Labute approximate surface area is 212 Å². The highest BCUT2D eigenvalue weighted by molar-refractivity contribution is 7.18. The molecule has 180 valence electrons. The lowest BCUT2D eigenvalue weighted by molar-refractivity contribution is 0.433. The average Bonchev–Trinajstić information content (AvgIpc) is 3.35. The fraction of sp³-hybridized carbons (Fsp3) is 0.138. The van der Waals surface area contributed by atoms with Gasteiger partial charge in [-0.1, -0.05) is 42.5 Å². The van der Waals surface area contributed by atoms with Crippen LogP contribution in [0, 0.1) is 19.7 Å². The molecule has 2 aromatic carbocycles. The quantitative estimate of drug-likeness (QED) is 0.295. The Morgan fingerprint density at radius 1 is 0.944 bits per heavy atom. The molecular weight excluding hydrogens is 473 g/mol. The minimum atomic E-state index is -0.758. The second kappa shape index (κ2) is 9.87. The Hall–Kier alpha value is -4.10. The molecule has 3 aromatic heterocycles. The van der Waals surface area contributed by atoms with Gasteiger partial charge in [-0.3, -0.25) is 14.3 Å². The topological polar surface area (TPSA) is 68.0 Å². The standard InChI is InChI=1S/C29H24FN3O2S/c1-18-8-7-16-31-26(18)24-14-13-23(36-24)25-19(2)32-28(21-11-6-12-22(30)27(21)34)33(29(25)35)17-15-20-9-4-3-5-10-20/h3-14,16,34H,15,17H2,1-2H3. The van der Waals surface area contributed by atoms with Gasteiger partial charge in [-0.2, -0.15) is 0 Å². The van der Waals surface area contributed by atoms with Crippen molar-refractivity contribution in [1.29, 1.82) is 0 Å². The highest BCUT2D eigenvalue weighted by atomic mass is 32.1. The van der Waals surface area contributed by atoms with Crippen molar-refractivity contribution in [1.82, 2.24) is 14.5 Å². The van der Waals surface area contributed by atoms with Crippen LogP contribution in [0.25, 0.3) is 32.4 Å². The summed E-state index contributed by atoms with van der Waals surface area (Å²) >= 11 is 1.49. The first-order valence-corrected chi connectivity index (χ1v) is 12.4. The Bertz CT molecular complexity index is 1610. The van der Waals surface area contributed by atoms with Crippen LogP contribution in [0.1, 0.15) is 16.8 Å². The number of nitrogens with zero attached hydrogens (tertiary/aromatic N) is 3. The molecule has 0 aliphatic carbocycles. The molecule has 5 rings (SSSR count). The summed E-state index contributed by atoms with van der Waals surface area (Å²) < 4.78 is 15.8. The summed E-state index contributed by atoms with van der Waals surface area (Å²) in [5.41, 5.74) is 3.95. The molecule has 0 amide bonds. The van der Waals surface area contributed by atoms with E-state index in [4.69, 9.17) is 4.98 Å². The maximum absolute atomic E-state index is 14.2. The van der Waals surface area contributed by atoms with Gasteiger partial charge in [0, 0.05) is 17.6 Å². The first-order chi connectivity index (χ1) is 17.4. The smallest absolute Gasteiger partial charge is 0.262 e. The molecule has 0 aliphatic heterocycles. The van der Waals surface area contributed by atoms with E-state index in [1.807, 2.05) is 61.5 Å². The Morgan fingerprint density at radius 3 is 2.50 bits per heavy atom. The van der Waals surface area contributed by atoms with E-state index in [-0.39, 0.29) is 16.9 Å². The van der Waals surface area contributed by atoms with Crippen LogP contribution in [-0.2, 0) is 13.0 Å². The first kappa shape index (κ1) is 23.6. The van der Waals surface area contributed by atoms with E-state index in [1.54, 1.807) is 19.2 Å². The normalized spacial score (nSPS) is 11.1. The monoisotopic (exact) mass is 497 g/mol. The third-order valence-corrected chi connectivity index (χ3v) is 7.25. The van der Waals surface area contributed by atoms with Crippen LogP contribution in [0.4, 0.5) is 4.39 Å². The van der Waals surface area contributed by atoms with Crippen molar-refractivity contribution in [3.05, 3.63) is 112 Å². The van der Waals surface area contributed by atoms with Crippen LogP contribution < -0.4 is 5.56 Å². The van der Waals surface area contributed by atoms with Crippen LogP contribution in [-0.4, -0.2) is 19.6 Å². The molecule has 1 N–H and O–H groups in total. The largest absolute Gasteiger partial charge is 0.504 e. The molecule has 0 aliphatic rings. The van der Waals surface area contributed by atoms with Crippen molar-refractivity contribution in [3.8, 4) is 38.1 Å². The molecule has 36 heavy (non-hydrogen) atoms. The van der Waals surface area contributed by atoms with E-state index in [1.165, 1.54) is 28.0 Å². The maximum Gasteiger partial charge on any atom is 0.262 e. The number of aromatic nitrogens is 3. The van der Waals surface area contributed by atoms with Crippen molar-refractivity contribution in [3.63, 3.8) is 0 Å². The molecule has 3 heterocycles. The number of aromatic hydroxyl groups is 1. The summed E-state index contributed by atoms with van der Waals surface area (Å²) in [5.74, 6) is -1.03. The van der Waals surface area contributed by atoms with Gasteiger partial charge in [0.2, 0.25) is 0 Å². The lowest BCUT2D eigenvalue weighted by Crippen LogP contribution is -2.27. The van der Waals surface area contributed by atoms with E-state index in [0.29, 0.717) is 24.2 Å². The zero-order valence-electron chi connectivity index (χ0n) is 19.9. The molecule has 0 bridgehead atoms. The maximum atomic E-state index is 14.2. The van der Waals surface area contributed by atoms with Crippen LogP contribution >= 0.6 is 11.3 Å². The zero-order valence-corrected chi connectivity index (χ0v) is 20.7. The van der Waals surface area contributed by atoms with Crippen LogP contribution in [0.3, 0.4) is 0 Å². The van der Waals surface area contributed by atoms with Gasteiger partial charge in [0.05, 0.1) is 27.4 Å². The molecule has 0 atom stereocenters. The van der Waals surface area contributed by atoms with E-state index >= 15 is 0 Å². The molecule has 0 saturated carbocycles. The number of phenolic OH excluding ortho intramolecular Hbond substituents is 1. The first-order valence-electron chi connectivity index (χ1n) is 11.6. The number of hydrogen-bond donors (Lipinski definition) is 1. The number of benzene rings is 2. The molecule has 5 nitrogen and oxygen atoms in total. The van der Waals surface area contributed by atoms with Gasteiger partial charge in [-0.15, -0.1) is 11.3 Å². The van der Waals surface area contributed by atoms with Crippen molar-refractivity contribution in [2.24, 2.45) is 0 Å². The van der Waals surface area contributed by atoms with Gasteiger partial charge in [0.15, 0.2) is 11.6 Å². The lowest BCUT2D eigenvalue weighted by atomic mass is 10.1. The number of thiophene rings is 1. The third kappa shape index (κ3) is 4.45. The minimum absolute atomic E-state index is 0.186. The molecule has 0 unspecified atom stereocenters. The highest BCUT2D eigenvalue weighted by Crippen LogP contribution is 2.36. The van der Waals surface area contributed by atoms with Gasteiger partial charge >= 0.3 is 0 Å². The van der Waals surface area contributed by atoms with E-state index in [9.17, 15) is 14.3 Å². The Morgan fingerprint density at radius 2 is 1.72 bits per heavy atom. The number of para-hydroxylation sites is 1. The van der Waals surface area contributed by atoms with Gasteiger partial charge in [0.25, 0.3) is 5.56 Å². The summed E-state index contributed by atoms with van der Waals surface area (Å²) in [6, 6.07) is 21.9. The summed E-state index contributed by atoms with van der Waals surface area (Å²) in [7, 11) is 0. The second-order valence-corrected chi connectivity index (χ2v) is 9.64. The van der Waals surface area contributed by atoms with Gasteiger partial charge in [-0.25, -0.2) is 9.37 Å². The van der Waals surface area contributed by atoms with Crippen LogP contribution in [0.15, 0.2) is 83.8 Å². The number of phenols is 1. The van der Waals surface area contributed by atoms with E-state index in [2.05, 4.69) is 4.98 Å². The SMILES string of the molecule is Cc1cccnc1-c1ccc(-c2c(C)nc(-c3cccc(F)c3O)n(CCc3ccccc3)c2=O)s1. The Balaban J connectivity index is 1.65. The number of aryl methyl sites for hydroxylation is 3. The van der Waals surface area contributed by atoms with Crippen LogP contribution in [0.2, 0.25) is 0 Å². The zero-order chi connectivity index (χ0) is 25.2. The molecule has 5 aromatic rings. The van der Waals surface area contributed by atoms with Crippen molar-refractivity contribution >= 4 is 11.3 Å². The van der Waals surface area contributed by atoms with E-state index in [0.717, 1.165) is 26.6 Å². The number of rotatable bonds is 6. The number of halogens is 1. The third-order valence-electron chi connectivity index (χ3n) is 6.14. The fourth-order valence-electron chi connectivity index (χ4n) is 4.28. The Kier molecular flexibility index (Phi) is 6.48. The lowest BCUT2D eigenvalue weighted by Gasteiger charge is -2.16. The van der Waals surface area contributed by atoms with Crippen molar-refractivity contribution < 1.29 is 9.50 Å². The number of pyridine rings is 1. The second-order valence-electron chi connectivity index (χ2n) is 8.56. The summed E-state index contributed by atoms with van der Waals surface area (Å²) in [6.45, 7) is 4.10. The van der Waals surface area contributed by atoms with Gasteiger partial charge in [-0.05, 0) is 61.7 Å². The van der Waals surface area contributed by atoms with Crippen molar-refractivity contribution in [2.75, 3.05) is 0 Å². The van der Waals surface area contributed by atoms with Gasteiger partial charge in [0.1, 0.15) is 5.82 Å². The molecule has 0 saturated heterocycles. The summed E-state index contributed by atoms with van der Waals surface area (Å²) in [6.07, 6.45) is 2.34. The average molecular weight is 498 g/mol. The molecule has 0 spiro atoms. The summed E-state index contributed by atoms with van der Waals surface area (Å²) in [5, 5.41) is 10.4. The predicted molar refractivity (Wildman–Crippen MR) is 142 cm³/mol. The van der Waals surface area contributed by atoms with E-state index < -0.39 is 11.6 Å². The van der Waals surface area contributed by atoms with Gasteiger partial charge < -0.3 is 5.11 Å². The van der Waals surface area contributed by atoms with Crippen LogP contribution in [0.5, 0.6) is 5.75 Å². The molecule has 0 radical (unpaired) electrons. The molecule has 0 fully saturated rings. The fourth-order valence-corrected chi connectivity index (χ4v) is 5.44. The number of hydrogen-bond acceptors (Lipinski definition) is 5. The predicted octanol–water partition coefficient (Wildman–Crippen LogP) is 6.41. The highest BCUT2D eigenvalue weighted by Gasteiger charge is 2.21. The molecule has 7 heteroatoms. The summed E-state index contributed by atoms with van der Waals surface area (Å²) in [4.78, 5) is 24.9. The van der Waals surface area contributed by atoms with Crippen molar-refractivity contribution in [2.45, 2.75) is 26.8 Å².